The zero-order valence-corrected chi connectivity index (χ0v) is 13.8. The second-order valence-electron chi connectivity index (χ2n) is 6.25. The van der Waals surface area contributed by atoms with Crippen LogP contribution in [0.3, 0.4) is 0 Å². The maximum atomic E-state index is 12.0. The van der Waals surface area contributed by atoms with E-state index in [-0.39, 0.29) is 17.9 Å². The molecule has 0 aliphatic rings. The third-order valence-electron chi connectivity index (χ3n) is 3.33. The summed E-state index contributed by atoms with van der Waals surface area (Å²) in [4.78, 5) is 28.1. The standard InChI is InChI=1S/C17H21N3O3/c1-17(2,3)14-9-10-20(16(22)19-14)11-15(21)18-12-5-7-13(23-4)8-6-12/h5-10H,11H2,1-4H3,(H,18,21). The fourth-order valence-corrected chi connectivity index (χ4v) is 2.00. The normalized spacial score (nSPS) is 11.1. The molecule has 0 radical (unpaired) electrons. The highest BCUT2D eigenvalue weighted by Gasteiger charge is 2.16. The number of amides is 1. The molecule has 0 saturated carbocycles. The number of carbonyl (C=O) groups is 1. The molecular weight excluding hydrogens is 294 g/mol. The van der Waals surface area contributed by atoms with E-state index in [4.69, 9.17) is 4.74 Å². The fourth-order valence-electron chi connectivity index (χ4n) is 2.00. The molecule has 0 saturated heterocycles. The minimum Gasteiger partial charge on any atom is -0.497 e. The Labute approximate surface area is 135 Å². The Morgan fingerprint density at radius 3 is 2.39 bits per heavy atom. The first-order valence-electron chi connectivity index (χ1n) is 7.31. The molecule has 1 aromatic carbocycles. The largest absolute Gasteiger partial charge is 0.497 e. The average Bonchev–Trinajstić information content (AvgIpc) is 2.49. The van der Waals surface area contributed by atoms with Gasteiger partial charge in [-0.05, 0) is 30.3 Å². The number of nitrogens with zero attached hydrogens (tertiary/aromatic N) is 2. The highest BCUT2D eigenvalue weighted by atomic mass is 16.5. The van der Waals surface area contributed by atoms with Gasteiger partial charge in [-0.15, -0.1) is 0 Å². The van der Waals surface area contributed by atoms with Crippen LogP contribution in [0.5, 0.6) is 5.75 Å². The van der Waals surface area contributed by atoms with Crippen LogP contribution in [0.15, 0.2) is 41.3 Å². The van der Waals surface area contributed by atoms with Crippen LogP contribution in [0.25, 0.3) is 0 Å². The van der Waals surface area contributed by atoms with E-state index in [1.807, 2.05) is 20.8 Å². The van der Waals surface area contributed by atoms with E-state index in [0.29, 0.717) is 17.1 Å². The molecule has 0 atom stereocenters. The molecular formula is C17H21N3O3. The summed E-state index contributed by atoms with van der Waals surface area (Å²) in [5, 5.41) is 2.73. The number of anilines is 1. The van der Waals surface area contributed by atoms with Gasteiger partial charge in [-0.2, -0.15) is 4.98 Å². The van der Waals surface area contributed by atoms with Crippen molar-refractivity contribution >= 4 is 11.6 Å². The minimum absolute atomic E-state index is 0.0811. The van der Waals surface area contributed by atoms with Crippen molar-refractivity contribution in [2.24, 2.45) is 0 Å². The van der Waals surface area contributed by atoms with Crippen LogP contribution < -0.4 is 15.7 Å². The van der Waals surface area contributed by atoms with E-state index in [1.165, 1.54) is 4.57 Å². The number of methoxy groups -OCH3 is 1. The number of carbonyl (C=O) groups excluding carboxylic acids is 1. The van der Waals surface area contributed by atoms with Crippen molar-refractivity contribution in [1.29, 1.82) is 0 Å². The van der Waals surface area contributed by atoms with E-state index in [0.717, 1.165) is 0 Å². The Balaban J connectivity index is 2.06. The van der Waals surface area contributed by atoms with E-state index < -0.39 is 5.69 Å². The molecule has 1 aromatic heterocycles. The zero-order valence-electron chi connectivity index (χ0n) is 13.8. The van der Waals surface area contributed by atoms with Crippen molar-refractivity contribution in [1.82, 2.24) is 9.55 Å². The summed E-state index contributed by atoms with van der Waals surface area (Å²) in [5.74, 6) is 0.420. The van der Waals surface area contributed by atoms with Gasteiger partial charge in [0.15, 0.2) is 0 Å². The molecule has 0 fully saturated rings. The maximum Gasteiger partial charge on any atom is 0.348 e. The van der Waals surface area contributed by atoms with Crippen molar-refractivity contribution in [3.63, 3.8) is 0 Å². The van der Waals surface area contributed by atoms with Crippen LogP contribution in [0.2, 0.25) is 0 Å². The van der Waals surface area contributed by atoms with Gasteiger partial charge >= 0.3 is 5.69 Å². The molecule has 1 N–H and O–H groups in total. The SMILES string of the molecule is COc1ccc(NC(=O)Cn2ccc(C(C)(C)C)nc2=O)cc1. The second kappa shape index (κ2) is 6.64. The van der Waals surface area contributed by atoms with Gasteiger partial charge in [0.2, 0.25) is 5.91 Å². The molecule has 122 valence electrons. The van der Waals surface area contributed by atoms with Gasteiger partial charge in [0.1, 0.15) is 12.3 Å². The lowest BCUT2D eigenvalue weighted by atomic mass is 9.92. The molecule has 6 heteroatoms. The van der Waals surface area contributed by atoms with Crippen LogP contribution in [-0.4, -0.2) is 22.6 Å². The maximum absolute atomic E-state index is 12.0. The first-order valence-corrected chi connectivity index (χ1v) is 7.31. The van der Waals surface area contributed by atoms with Gasteiger partial charge < -0.3 is 10.1 Å². The van der Waals surface area contributed by atoms with E-state index in [9.17, 15) is 9.59 Å². The summed E-state index contributed by atoms with van der Waals surface area (Å²) in [7, 11) is 1.58. The Morgan fingerprint density at radius 2 is 1.87 bits per heavy atom. The second-order valence-corrected chi connectivity index (χ2v) is 6.25. The fraction of sp³-hybridized carbons (Fsp3) is 0.353. The molecule has 0 spiro atoms. The summed E-state index contributed by atoms with van der Waals surface area (Å²) >= 11 is 0. The first-order chi connectivity index (χ1) is 10.8. The van der Waals surface area contributed by atoms with Crippen molar-refractivity contribution in [2.45, 2.75) is 32.7 Å². The van der Waals surface area contributed by atoms with E-state index in [2.05, 4.69) is 10.3 Å². The van der Waals surface area contributed by atoms with Crippen LogP contribution in [0.4, 0.5) is 5.69 Å². The smallest absolute Gasteiger partial charge is 0.348 e. The molecule has 2 aromatic rings. The zero-order chi connectivity index (χ0) is 17.0. The Kier molecular flexibility index (Phi) is 4.83. The van der Waals surface area contributed by atoms with Gasteiger partial charge in [-0.1, -0.05) is 20.8 Å². The van der Waals surface area contributed by atoms with Crippen molar-refractivity contribution < 1.29 is 9.53 Å². The number of hydrogen-bond acceptors (Lipinski definition) is 4. The molecule has 1 amide bonds. The lowest BCUT2D eigenvalue weighted by Crippen LogP contribution is -2.31. The quantitative estimate of drug-likeness (QED) is 0.938. The molecule has 2 rings (SSSR count). The van der Waals surface area contributed by atoms with Crippen LogP contribution >= 0.6 is 0 Å². The first kappa shape index (κ1) is 16.7. The van der Waals surface area contributed by atoms with Crippen molar-refractivity contribution in [2.75, 3.05) is 12.4 Å². The van der Waals surface area contributed by atoms with Crippen LogP contribution in [0, 0.1) is 0 Å². The third-order valence-corrected chi connectivity index (χ3v) is 3.33. The van der Waals surface area contributed by atoms with Gasteiger partial charge in [-0.3, -0.25) is 9.36 Å². The highest BCUT2D eigenvalue weighted by molar-refractivity contribution is 5.90. The molecule has 0 unspecified atom stereocenters. The highest BCUT2D eigenvalue weighted by Crippen LogP contribution is 2.18. The number of nitrogens with one attached hydrogen (secondary N) is 1. The van der Waals surface area contributed by atoms with Gasteiger partial charge in [0.05, 0.1) is 12.8 Å². The Morgan fingerprint density at radius 1 is 1.22 bits per heavy atom. The number of benzene rings is 1. The predicted octanol–water partition coefficient (Wildman–Crippen LogP) is 2.19. The van der Waals surface area contributed by atoms with E-state index in [1.54, 1.807) is 43.6 Å². The summed E-state index contributed by atoms with van der Waals surface area (Å²) in [6.45, 7) is 5.86. The monoisotopic (exact) mass is 315 g/mol. The molecule has 1 heterocycles. The number of ether oxygens (including phenoxy) is 1. The van der Waals surface area contributed by atoms with Gasteiger partial charge in [0.25, 0.3) is 0 Å². The minimum atomic E-state index is -0.428. The number of hydrogen-bond donors (Lipinski definition) is 1. The Hall–Kier alpha value is -2.63. The summed E-state index contributed by atoms with van der Waals surface area (Å²) in [6, 6.07) is 8.74. The summed E-state index contributed by atoms with van der Waals surface area (Å²) in [5.41, 5.74) is 0.712. The topological polar surface area (TPSA) is 73.2 Å². The molecule has 0 bridgehead atoms. The molecule has 23 heavy (non-hydrogen) atoms. The number of aromatic nitrogens is 2. The summed E-state index contributed by atoms with van der Waals surface area (Å²) < 4.78 is 6.34. The van der Waals surface area contributed by atoms with Crippen molar-refractivity contribution in [3.8, 4) is 5.75 Å². The average molecular weight is 315 g/mol. The van der Waals surface area contributed by atoms with Gasteiger partial charge in [0, 0.05) is 17.3 Å². The summed E-state index contributed by atoms with van der Waals surface area (Å²) in [6.07, 6.45) is 1.60. The van der Waals surface area contributed by atoms with Crippen LogP contribution in [0.1, 0.15) is 26.5 Å². The van der Waals surface area contributed by atoms with Crippen molar-refractivity contribution in [3.05, 3.63) is 52.7 Å². The molecule has 6 nitrogen and oxygen atoms in total. The third kappa shape index (κ3) is 4.42. The van der Waals surface area contributed by atoms with Crippen LogP contribution in [-0.2, 0) is 16.8 Å². The number of rotatable bonds is 4. The molecule has 0 aliphatic carbocycles. The Bertz CT molecular complexity index is 743. The lowest BCUT2D eigenvalue weighted by molar-refractivity contribution is -0.116. The lowest BCUT2D eigenvalue weighted by Gasteiger charge is -2.17. The molecule has 0 aliphatic heterocycles. The van der Waals surface area contributed by atoms with E-state index >= 15 is 0 Å². The predicted molar refractivity (Wildman–Crippen MR) is 88.8 cm³/mol. The van der Waals surface area contributed by atoms with Gasteiger partial charge in [-0.25, -0.2) is 4.79 Å².